The third-order valence-electron chi connectivity index (χ3n) is 3.61. The zero-order valence-corrected chi connectivity index (χ0v) is 12.8. The van der Waals surface area contributed by atoms with Crippen LogP contribution in [0.25, 0.3) is 0 Å². The van der Waals surface area contributed by atoms with Gasteiger partial charge in [-0.25, -0.2) is 0 Å². The second-order valence-electron chi connectivity index (χ2n) is 5.02. The molecule has 1 fully saturated rings. The van der Waals surface area contributed by atoms with Gasteiger partial charge in [0.05, 0.1) is 12.0 Å². The number of hydrogen-bond donors (Lipinski definition) is 2. The van der Waals surface area contributed by atoms with Crippen molar-refractivity contribution in [3.63, 3.8) is 0 Å². The third kappa shape index (κ3) is 3.11. The van der Waals surface area contributed by atoms with Crippen molar-refractivity contribution < 1.29 is 4.79 Å². The van der Waals surface area contributed by atoms with E-state index >= 15 is 0 Å². The van der Waals surface area contributed by atoms with Gasteiger partial charge >= 0.3 is 0 Å². The average molecular weight is 306 g/mol. The van der Waals surface area contributed by atoms with Gasteiger partial charge in [-0.15, -0.1) is 22.7 Å². The Morgan fingerprint density at radius 3 is 2.45 bits per heavy atom. The van der Waals surface area contributed by atoms with Crippen molar-refractivity contribution >= 4 is 28.6 Å². The average Bonchev–Trinajstić information content (AvgIpc) is 3.19. The minimum Gasteiger partial charge on any atom is -0.343 e. The summed E-state index contributed by atoms with van der Waals surface area (Å²) in [5.41, 5.74) is 0. The Bertz CT molecular complexity index is 496. The molecular weight excluding hydrogens is 288 g/mol. The van der Waals surface area contributed by atoms with Crippen LogP contribution in [0.1, 0.15) is 28.6 Å². The van der Waals surface area contributed by atoms with Crippen LogP contribution in [0.3, 0.4) is 0 Å². The second kappa shape index (κ2) is 6.52. The van der Waals surface area contributed by atoms with E-state index in [2.05, 4.69) is 33.5 Å². The van der Waals surface area contributed by atoms with E-state index in [-0.39, 0.29) is 17.9 Å². The van der Waals surface area contributed by atoms with E-state index in [0.29, 0.717) is 0 Å². The summed E-state index contributed by atoms with van der Waals surface area (Å²) in [6.07, 6.45) is 2.07. The topological polar surface area (TPSA) is 41.1 Å². The molecule has 2 aromatic heterocycles. The first-order chi connectivity index (χ1) is 9.84. The number of nitrogens with one attached hydrogen (secondary N) is 2. The molecule has 0 saturated carbocycles. The summed E-state index contributed by atoms with van der Waals surface area (Å²) in [5, 5.41) is 10.7. The SMILES string of the molecule is O=C(NC(c1cccs1)c1cccs1)C1CCCNC1. The number of amides is 1. The van der Waals surface area contributed by atoms with E-state index in [4.69, 9.17) is 0 Å². The summed E-state index contributed by atoms with van der Waals surface area (Å²) in [6, 6.07) is 8.26. The van der Waals surface area contributed by atoms with Crippen LogP contribution in [0.5, 0.6) is 0 Å². The smallest absolute Gasteiger partial charge is 0.225 e. The van der Waals surface area contributed by atoms with Gasteiger partial charge < -0.3 is 10.6 Å². The van der Waals surface area contributed by atoms with Gasteiger partial charge in [0.1, 0.15) is 0 Å². The van der Waals surface area contributed by atoms with Crippen LogP contribution in [0, 0.1) is 5.92 Å². The van der Waals surface area contributed by atoms with Gasteiger partial charge in [0, 0.05) is 16.3 Å². The Labute approximate surface area is 127 Å². The number of carbonyl (C=O) groups is 1. The number of thiophene rings is 2. The Hall–Kier alpha value is -1.17. The Kier molecular flexibility index (Phi) is 4.50. The predicted octanol–water partition coefficient (Wildman–Crippen LogP) is 3.01. The van der Waals surface area contributed by atoms with Gasteiger partial charge in [-0.3, -0.25) is 4.79 Å². The third-order valence-corrected chi connectivity index (χ3v) is 5.48. The van der Waals surface area contributed by atoms with Crippen LogP contribution < -0.4 is 10.6 Å². The molecule has 3 nitrogen and oxygen atoms in total. The fourth-order valence-corrected chi connectivity index (χ4v) is 4.19. The molecule has 20 heavy (non-hydrogen) atoms. The van der Waals surface area contributed by atoms with E-state index in [9.17, 15) is 4.79 Å². The van der Waals surface area contributed by atoms with Crippen molar-refractivity contribution in [2.45, 2.75) is 18.9 Å². The molecule has 1 amide bonds. The van der Waals surface area contributed by atoms with E-state index in [1.807, 2.05) is 12.1 Å². The van der Waals surface area contributed by atoms with Crippen molar-refractivity contribution in [1.82, 2.24) is 10.6 Å². The predicted molar refractivity (Wildman–Crippen MR) is 84.2 cm³/mol. The lowest BCUT2D eigenvalue weighted by Gasteiger charge is -2.24. The van der Waals surface area contributed by atoms with Gasteiger partial charge in [-0.05, 0) is 42.3 Å². The van der Waals surface area contributed by atoms with Gasteiger partial charge in [-0.1, -0.05) is 12.1 Å². The number of carbonyl (C=O) groups excluding carboxylic acids is 1. The van der Waals surface area contributed by atoms with Crippen LogP contribution in [0.4, 0.5) is 0 Å². The molecule has 5 heteroatoms. The normalized spacial score (nSPS) is 19.1. The first-order valence-electron chi connectivity index (χ1n) is 6.92. The highest BCUT2D eigenvalue weighted by Gasteiger charge is 2.25. The first-order valence-corrected chi connectivity index (χ1v) is 8.68. The standard InChI is InChI=1S/C15H18N2OS2/c18-15(11-4-1-7-16-10-11)17-14(12-5-2-8-19-12)13-6-3-9-20-13/h2-3,5-6,8-9,11,14,16H,1,4,7,10H2,(H,17,18). The maximum absolute atomic E-state index is 12.5. The van der Waals surface area contributed by atoms with Crippen molar-refractivity contribution in [2.24, 2.45) is 5.92 Å². The highest BCUT2D eigenvalue weighted by atomic mass is 32.1. The monoisotopic (exact) mass is 306 g/mol. The van der Waals surface area contributed by atoms with Crippen LogP contribution in [0.2, 0.25) is 0 Å². The molecule has 3 rings (SSSR count). The molecule has 1 aliphatic heterocycles. The number of rotatable bonds is 4. The Morgan fingerprint density at radius 1 is 1.25 bits per heavy atom. The molecule has 106 valence electrons. The molecule has 1 atom stereocenters. The molecule has 0 spiro atoms. The fourth-order valence-electron chi connectivity index (χ4n) is 2.53. The molecule has 3 heterocycles. The molecular formula is C15H18N2OS2. The minimum absolute atomic E-state index is 0.00410. The summed E-state index contributed by atoms with van der Waals surface area (Å²) >= 11 is 3.39. The molecule has 0 bridgehead atoms. The molecule has 1 saturated heterocycles. The van der Waals surface area contributed by atoms with Crippen molar-refractivity contribution in [2.75, 3.05) is 13.1 Å². The summed E-state index contributed by atoms with van der Waals surface area (Å²) in [4.78, 5) is 14.9. The number of piperidine rings is 1. The quantitative estimate of drug-likeness (QED) is 0.911. The molecule has 0 aliphatic carbocycles. The second-order valence-corrected chi connectivity index (χ2v) is 6.97. The molecule has 2 N–H and O–H groups in total. The first kappa shape index (κ1) is 13.8. The van der Waals surface area contributed by atoms with E-state index in [1.165, 1.54) is 9.75 Å². The lowest BCUT2D eigenvalue weighted by Crippen LogP contribution is -2.41. The zero-order chi connectivity index (χ0) is 13.8. The fraction of sp³-hybridized carbons (Fsp3) is 0.400. The lowest BCUT2D eigenvalue weighted by atomic mass is 9.98. The maximum atomic E-state index is 12.5. The Balaban J connectivity index is 1.75. The lowest BCUT2D eigenvalue weighted by molar-refractivity contribution is -0.125. The number of hydrogen-bond acceptors (Lipinski definition) is 4. The van der Waals surface area contributed by atoms with Crippen molar-refractivity contribution in [3.05, 3.63) is 44.8 Å². The van der Waals surface area contributed by atoms with E-state index < -0.39 is 0 Å². The molecule has 0 aromatic carbocycles. The molecule has 0 radical (unpaired) electrons. The van der Waals surface area contributed by atoms with E-state index in [1.54, 1.807) is 22.7 Å². The van der Waals surface area contributed by atoms with Crippen molar-refractivity contribution in [1.29, 1.82) is 0 Å². The van der Waals surface area contributed by atoms with Gasteiger partial charge in [0.25, 0.3) is 0 Å². The summed E-state index contributed by atoms with van der Waals surface area (Å²) in [7, 11) is 0. The maximum Gasteiger partial charge on any atom is 0.225 e. The summed E-state index contributed by atoms with van der Waals surface area (Å²) in [5.74, 6) is 0.273. The van der Waals surface area contributed by atoms with Gasteiger partial charge in [-0.2, -0.15) is 0 Å². The van der Waals surface area contributed by atoms with Crippen LogP contribution >= 0.6 is 22.7 Å². The van der Waals surface area contributed by atoms with E-state index in [0.717, 1.165) is 25.9 Å². The molecule has 2 aromatic rings. The van der Waals surface area contributed by atoms with Crippen LogP contribution in [-0.2, 0) is 4.79 Å². The highest BCUT2D eigenvalue weighted by Crippen LogP contribution is 2.29. The summed E-state index contributed by atoms with van der Waals surface area (Å²) < 4.78 is 0. The highest BCUT2D eigenvalue weighted by molar-refractivity contribution is 7.11. The molecule has 1 aliphatic rings. The minimum atomic E-state index is 0.00410. The zero-order valence-electron chi connectivity index (χ0n) is 11.2. The van der Waals surface area contributed by atoms with Crippen molar-refractivity contribution in [3.8, 4) is 0 Å². The Morgan fingerprint density at radius 2 is 1.95 bits per heavy atom. The van der Waals surface area contributed by atoms with Gasteiger partial charge in [0.15, 0.2) is 0 Å². The largest absolute Gasteiger partial charge is 0.343 e. The summed E-state index contributed by atoms with van der Waals surface area (Å²) in [6.45, 7) is 1.83. The van der Waals surface area contributed by atoms with Gasteiger partial charge in [0.2, 0.25) is 5.91 Å². The van der Waals surface area contributed by atoms with Crippen LogP contribution in [-0.4, -0.2) is 19.0 Å². The van der Waals surface area contributed by atoms with Crippen LogP contribution in [0.15, 0.2) is 35.0 Å². The molecule has 1 unspecified atom stereocenters.